The molecule has 0 saturated heterocycles. The standard InChI is InChI=1S/C13H21BrN4O2/c1-4-5-18-13(20)12(14)10(7-17-18)15-8-11(19)16-6-9(2)3/h7,9,15H,4-6,8H2,1-3H3,(H,16,19). The average Bonchev–Trinajstić information content (AvgIpc) is 2.41. The maximum atomic E-state index is 12.0. The third kappa shape index (κ3) is 4.96. The molecule has 2 N–H and O–H groups in total. The first kappa shape index (κ1) is 16.7. The number of hydrogen-bond donors (Lipinski definition) is 2. The van der Waals surface area contributed by atoms with E-state index in [0.29, 0.717) is 29.2 Å². The van der Waals surface area contributed by atoms with E-state index < -0.39 is 0 Å². The summed E-state index contributed by atoms with van der Waals surface area (Å²) in [6.45, 7) is 7.37. The summed E-state index contributed by atoms with van der Waals surface area (Å²) in [6.07, 6.45) is 2.39. The second-order valence-corrected chi connectivity index (χ2v) is 5.74. The minimum absolute atomic E-state index is 0.108. The predicted octanol–water partition coefficient (Wildman–Crippen LogP) is 1.60. The van der Waals surface area contributed by atoms with Crippen LogP contribution in [0, 0.1) is 5.92 Å². The van der Waals surface area contributed by atoms with Crippen LogP contribution in [0.4, 0.5) is 5.69 Å². The van der Waals surface area contributed by atoms with Gasteiger partial charge in [0.15, 0.2) is 0 Å². The number of amides is 1. The Balaban J connectivity index is 2.63. The SMILES string of the molecule is CCCn1ncc(NCC(=O)NCC(C)C)c(Br)c1=O. The molecule has 0 fully saturated rings. The van der Waals surface area contributed by atoms with Crippen LogP contribution in [0.5, 0.6) is 0 Å². The Morgan fingerprint density at radius 3 is 2.80 bits per heavy atom. The van der Waals surface area contributed by atoms with Gasteiger partial charge in [-0.15, -0.1) is 0 Å². The summed E-state index contributed by atoms with van der Waals surface area (Å²) in [5, 5.41) is 9.77. The lowest BCUT2D eigenvalue weighted by atomic mass is 10.2. The molecule has 1 amide bonds. The number of halogens is 1. The number of carbonyl (C=O) groups is 1. The van der Waals surface area contributed by atoms with Crippen molar-refractivity contribution in [2.45, 2.75) is 33.7 Å². The van der Waals surface area contributed by atoms with Crippen molar-refractivity contribution in [3.8, 4) is 0 Å². The Morgan fingerprint density at radius 1 is 1.50 bits per heavy atom. The molecular weight excluding hydrogens is 324 g/mol. The first-order chi connectivity index (χ1) is 9.45. The van der Waals surface area contributed by atoms with Crippen LogP contribution in [-0.4, -0.2) is 28.8 Å². The van der Waals surface area contributed by atoms with Crippen LogP contribution in [-0.2, 0) is 11.3 Å². The number of nitrogens with zero attached hydrogens (tertiary/aromatic N) is 2. The van der Waals surface area contributed by atoms with Crippen molar-refractivity contribution in [2.75, 3.05) is 18.4 Å². The molecule has 6 nitrogen and oxygen atoms in total. The van der Waals surface area contributed by atoms with E-state index in [0.717, 1.165) is 6.42 Å². The highest BCUT2D eigenvalue weighted by Gasteiger charge is 2.09. The lowest BCUT2D eigenvalue weighted by molar-refractivity contribution is -0.119. The van der Waals surface area contributed by atoms with Gasteiger partial charge in [-0.25, -0.2) is 4.68 Å². The Bertz CT molecular complexity index is 514. The van der Waals surface area contributed by atoms with E-state index in [-0.39, 0.29) is 18.0 Å². The predicted molar refractivity (Wildman–Crippen MR) is 82.8 cm³/mol. The van der Waals surface area contributed by atoms with Gasteiger partial charge in [0.25, 0.3) is 5.56 Å². The summed E-state index contributed by atoms with van der Waals surface area (Å²) in [7, 11) is 0. The molecule has 0 aliphatic heterocycles. The topological polar surface area (TPSA) is 76.0 Å². The molecule has 0 aliphatic carbocycles. The summed E-state index contributed by atoms with van der Waals surface area (Å²) in [5.41, 5.74) is 0.335. The van der Waals surface area contributed by atoms with Gasteiger partial charge >= 0.3 is 0 Å². The molecule has 0 atom stereocenters. The highest BCUT2D eigenvalue weighted by Crippen LogP contribution is 2.15. The van der Waals surface area contributed by atoms with Crippen molar-refractivity contribution < 1.29 is 4.79 Å². The van der Waals surface area contributed by atoms with E-state index >= 15 is 0 Å². The summed E-state index contributed by atoms with van der Waals surface area (Å²) in [4.78, 5) is 23.5. The van der Waals surface area contributed by atoms with Crippen molar-refractivity contribution in [3.05, 3.63) is 21.0 Å². The monoisotopic (exact) mass is 344 g/mol. The number of hydrogen-bond acceptors (Lipinski definition) is 4. The minimum atomic E-state index is -0.195. The van der Waals surface area contributed by atoms with Crippen LogP contribution in [0.15, 0.2) is 15.5 Å². The molecule has 0 spiro atoms. The fourth-order valence-corrected chi connectivity index (χ4v) is 1.96. The van der Waals surface area contributed by atoms with Crippen LogP contribution in [0.25, 0.3) is 0 Å². The average molecular weight is 345 g/mol. The van der Waals surface area contributed by atoms with Gasteiger partial charge in [-0.05, 0) is 28.3 Å². The molecule has 112 valence electrons. The zero-order chi connectivity index (χ0) is 15.1. The maximum absolute atomic E-state index is 12.0. The minimum Gasteiger partial charge on any atom is -0.374 e. The van der Waals surface area contributed by atoms with E-state index in [1.807, 2.05) is 20.8 Å². The van der Waals surface area contributed by atoms with E-state index in [9.17, 15) is 9.59 Å². The van der Waals surface area contributed by atoms with E-state index in [1.165, 1.54) is 4.68 Å². The van der Waals surface area contributed by atoms with Gasteiger partial charge in [0.1, 0.15) is 4.47 Å². The molecule has 20 heavy (non-hydrogen) atoms. The van der Waals surface area contributed by atoms with Crippen molar-refractivity contribution >= 4 is 27.5 Å². The van der Waals surface area contributed by atoms with Gasteiger partial charge in [0.05, 0.1) is 18.4 Å². The van der Waals surface area contributed by atoms with Crippen LogP contribution in [0.2, 0.25) is 0 Å². The lowest BCUT2D eigenvalue weighted by Gasteiger charge is -2.11. The first-order valence-corrected chi connectivity index (χ1v) is 7.51. The number of anilines is 1. The molecular formula is C13H21BrN4O2. The van der Waals surface area contributed by atoms with Gasteiger partial charge in [-0.3, -0.25) is 9.59 Å². The second-order valence-electron chi connectivity index (χ2n) is 4.95. The fraction of sp³-hybridized carbons (Fsp3) is 0.615. The van der Waals surface area contributed by atoms with Crippen LogP contribution in [0.1, 0.15) is 27.2 Å². The summed E-state index contributed by atoms with van der Waals surface area (Å²) < 4.78 is 1.80. The molecule has 0 radical (unpaired) electrons. The Kier molecular flexibility index (Phi) is 6.70. The molecule has 1 aromatic heterocycles. The van der Waals surface area contributed by atoms with Crippen LogP contribution < -0.4 is 16.2 Å². The number of rotatable bonds is 7. The zero-order valence-electron chi connectivity index (χ0n) is 12.1. The summed E-state index contributed by atoms with van der Waals surface area (Å²) in [5.74, 6) is 0.300. The summed E-state index contributed by atoms with van der Waals surface area (Å²) in [6, 6.07) is 0. The van der Waals surface area contributed by atoms with Gasteiger partial charge < -0.3 is 10.6 Å². The second kappa shape index (κ2) is 8.04. The van der Waals surface area contributed by atoms with Crippen molar-refractivity contribution in [1.82, 2.24) is 15.1 Å². The maximum Gasteiger partial charge on any atom is 0.283 e. The number of aromatic nitrogens is 2. The molecule has 0 aliphatic rings. The van der Waals surface area contributed by atoms with Crippen molar-refractivity contribution in [3.63, 3.8) is 0 Å². The summed E-state index contributed by atoms with van der Waals surface area (Å²) >= 11 is 3.25. The van der Waals surface area contributed by atoms with Gasteiger partial charge in [-0.1, -0.05) is 20.8 Å². The van der Waals surface area contributed by atoms with E-state index in [1.54, 1.807) is 6.20 Å². The molecule has 0 saturated carbocycles. The van der Waals surface area contributed by atoms with Gasteiger partial charge in [0, 0.05) is 13.1 Å². The normalized spacial score (nSPS) is 10.7. The highest BCUT2D eigenvalue weighted by molar-refractivity contribution is 9.10. The molecule has 0 bridgehead atoms. The molecule has 0 aromatic carbocycles. The lowest BCUT2D eigenvalue weighted by Crippen LogP contribution is -2.33. The molecule has 1 rings (SSSR count). The van der Waals surface area contributed by atoms with Crippen LogP contribution >= 0.6 is 15.9 Å². The quantitative estimate of drug-likeness (QED) is 0.787. The molecule has 1 heterocycles. The highest BCUT2D eigenvalue weighted by atomic mass is 79.9. The molecule has 7 heteroatoms. The molecule has 0 unspecified atom stereocenters. The Morgan fingerprint density at radius 2 is 2.20 bits per heavy atom. The van der Waals surface area contributed by atoms with E-state index in [4.69, 9.17) is 0 Å². The first-order valence-electron chi connectivity index (χ1n) is 6.71. The van der Waals surface area contributed by atoms with E-state index in [2.05, 4.69) is 31.7 Å². The fourth-order valence-electron chi connectivity index (χ4n) is 1.52. The third-order valence-electron chi connectivity index (χ3n) is 2.57. The molecule has 1 aromatic rings. The van der Waals surface area contributed by atoms with Crippen molar-refractivity contribution in [1.29, 1.82) is 0 Å². The van der Waals surface area contributed by atoms with Crippen LogP contribution in [0.3, 0.4) is 0 Å². The number of carbonyl (C=O) groups excluding carboxylic acids is 1. The zero-order valence-corrected chi connectivity index (χ0v) is 13.7. The van der Waals surface area contributed by atoms with Gasteiger partial charge in [0.2, 0.25) is 5.91 Å². The number of aryl methyl sites for hydroxylation is 1. The van der Waals surface area contributed by atoms with Crippen molar-refractivity contribution in [2.24, 2.45) is 5.92 Å². The third-order valence-corrected chi connectivity index (χ3v) is 3.33. The Labute approximate surface area is 127 Å². The number of nitrogens with one attached hydrogen (secondary N) is 2. The Hall–Kier alpha value is -1.37. The van der Waals surface area contributed by atoms with Gasteiger partial charge in [-0.2, -0.15) is 5.10 Å². The largest absolute Gasteiger partial charge is 0.374 e. The smallest absolute Gasteiger partial charge is 0.283 e.